The minimum atomic E-state index is -0.654. The van der Waals surface area contributed by atoms with Gasteiger partial charge in [0.2, 0.25) is 0 Å². The van der Waals surface area contributed by atoms with Gasteiger partial charge in [-0.25, -0.2) is 13.8 Å². The Morgan fingerprint density at radius 1 is 1.10 bits per heavy atom. The van der Waals surface area contributed by atoms with Crippen LogP contribution in [0.25, 0.3) is 16.6 Å². The van der Waals surface area contributed by atoms with Crippen molar-refractivity contribution in [2.45, 2.75) is 6.92 Å². The van der Waals surface area contributed by atoms with Crippen molar-refractivity contribution < 1.29 is 4.39 Å². The summed E-state index contributed by atoms with van der Waals surface area (Å²) in [5, 5.41) is 0.145. The molecule has 0 aliphatic carbocycles. The fourth-order valence-electron chi connectivity index (χ4n) is 2.21. The highest BCUT2D eigenvalue weighted by Crippen LogP contribution is 2.11. The molecule has 5 heteroatoms. The number of H-pyrrole nitrogens is 1. The smallest absolute Gasteiger partial charge is 0.304 e. The van der Waals surface area contributed by atoms with Crippen molar-refractivity contribution in [3.8, 4) is 5.69 Å². The molecule has 2 aromatic carbocycles. The second kappa shape index (κ2) is 4.45. The Hall–Kier alpha value is -2.69. The number of aromatic nitrogens is 2. The highest BCUT2D eigenvalue weighted by molar-refractivity contribution is 5.78. The summed E-state index contributed by atoms with van der Waals surface area (Å²) in [6, 6.07) is 11.1. The third-order valence-electron chi connectivity index (χ3n) is 3.14. The molecule has 0 atom stereocenters. The molecule has 1 N–H and O–H groups in total. The van der Waals surface area contributed by atoms with E-state index in [1.807, 2.05) is 13.0 Å². The van der Waals surface area contributed by atoms with E-state index < -0.39 is 17.1 Å². The molecule has 100 valence electrons. The monoisotopic (exact) mass is 270 g/mol. The van der Waals surface area contributed by atoms with Gasteiger partial charge in [-0.15, -0.1) is 0 Å². The maximum atomic E-state index is 13.6. The van der Waals surface area contributed by atoms with Gasteiger partial charge in [0.1, 0.15) is 5.82 Å². The zero-order chi connectivity index (χ0) is 14.3. The normalized spacial score (nSPS) is 10.9. The zero-order valence-corrected chi connectivity index (χ0v) is 10.7. The number of aryl methyl sites for hydroxylation is 1. The van der Waals surface area contributed by atoms with Gasteiger partial charge in [-0.1, -0.05) is 18.2 Å². The van der Waals surface area contributed by atoms with Crippen molar-refractivity contribution in [1.29, 1.82) is 0 Å². The van der Waals surface area contributed by atoms with Crippen LogP contribution in [0, 0.1) is 12.7 Å². The molecule has 1 heterocycles. The molecule has 0 radical (unpaired) electrons. The van der Waals surface area contributed by atoms with E-state index in [9.17, 15) is 14.0 Å². The summed E-state index contributed by atoms with van der Waals surface area (Å²) >= 11 is 0. The highest BCUT2D eigenvalue weighted by atomic mass is 19.1. The van der Waals surface area contributed by atoms with Crippen LogP contribution < -0.4 is 11.2 Å². The lowest BCUT2D eigenvalue weighted by atomic mass is 10.2. The molecule has 0 spiro atoms. The van der Waals surface area contributed by atoms with Crippen LogP contribution in [0.15, 0.2) is 52.1 Å². The molecule has 0 aliphatic heterocycles. The molecule has 3 aromatic rings. The van der Waals surface area contributed by atoms with Gasteiger partial charge in [0.05, 0.1) is 16.6 Å². The first-order valence-corrected chi connectivity index (χ1v) is 6.08. The Kier molecular flexibility index (Phi) is 2.75. The minimum Gasteiger partial charge on any atom is -0.304 e. The third-order valence-corrected chi connectivity index (χ3v) is 3.14. The third kappa shape index (κ3) is 1.84. The van der Waals surface area contributed by atoms with Crippen molar-refractivity contribution in [1.82, 2.24) is 9.55 Å². The summed E-state index contributed by atoms with van der Waals surface area (Å²) in [6.45, 7) is 1.86. The highest BCUT2D eigenvalue weighted by Gasteiger charge is 2.11. The van der Waals surface area contributed by atoms with Gasteiger partial charge >= 0.3 is 5.69 Å². The minimum absolute atomic E-state index is 0.0635. The summed E-state index contributed by atoms with van der Waals surface area (Å²) in [5.41, 5.74) is 0.133. The Bertz CT molecular complexity index is 925. The standard InChI is InChI=1S/C15H11FN2O2/c1-9-4-2-5-10(8-9)18-14(19)11-6-3-7-12(16)13(11)17-15(18)20/h2-8H,1H3,(H,17,20). The fourth-order valence-corrected chi connectivity index (χ4v) is 2.21. The van der Waals surface area contributed by atoms with Crippen molar-refractivity contribution in [2.75, 3.05) is 0 Å². The quantitative estimate of drug-likeness (QED) is 0.736. The summed E-state index contributed by atoms with van der Waals surface area (Å²) in [4.78, 5) is 26.9. The van der Waals surface area contributed by atoms with Crippen LogP contribution in [-0.2, 0) is 0 Å². The second-order valence-corrected chi connectivity index (χ2v) is 4.57. The van der Waals surface area contributed by atoms with Gasteiger partial charge in [-0.05, 0) is 36.8 Å². The maximum Gasteiger partial charge on any atom is 0.333 e. The van der Waals surface area contributed by atoms with E-state index in [0.717, 1.165) is 10.1 Å². The molecule has 0 aliphatic rings. The van der Waals surface area contributed by atoms with Gasteiger partial charge < -0.3 is 4.98 Å². The summed E-state index contributed by atoms with van der Waals surface area (Å²) in [5.74, 6) is -0.618. The van der Waals surface area contributed by atoms with Crippen LogP contribution in [0.4, 0.5) is 4.39 Å². The molecule has 1 aromatic heterocycles. The van der Waals surface area contributed by atoms with Crippen molar-refractivity contribution in [3.63, 3.8) is 0 Å². The number of hydrogen-bond donors (Lipinski definition) is 1. The van der Waals surface area contributed by atoms with Crippen LogP contribution in [0.1, 0.15) is 5.56 Å². The van der Waals surface area contributed by atoms with E-state index in [4.69, 9.17) is 0 Å². The van der Waals surface area contributed by atoms with E-state index in [2.05, 4.69) is 4.98 Å². The molecule has 0 amide bonds. The summed E-state index contributed by atoms with van der Waals surface area (Å²) in [6.07, 6.45) is 0. The number of nitrogens with zero attached hydrogens (tertiary/aromatic N) is 1. The Labute approximate surface area is 113 Å². The van der Waals surface area contributed by atoms with Crippen LogP contribution >= 0.6 is 0 Å². The zero-order valence-electron chi connectivity index (χ0n) is 10.7. The average molecular weight is 270 g/mol. The first kappa shape index (κ1) is 12.3. The van der Waals surface area contributed by atoms with Gasteiger partial charge in [0, 0.05) is 0 Å². The molecule has 20 heavy (non-hydrogen) atoms. The molecule has 3 rings (SSSR count). The molecule has 0 saturated heterocycles. The average Bonchev–Trinajstić information content (AvgIpc) is 2.40. The lowest BCUT2D eigenvalue weighted by Crippen LogP contribution is -2.33. The van der Waals surface area contributed by atoms with Gasteiger partial charge in [-0.3, -0.25) is 4.79 Å². The first-order valence-electron chi connectivity index (χ1n) is 6.08. The van der Waals surface area contributed by atoms with Crippen molar-refractivity contribution in [3.05, 3.63) is 74.7 Å². The number of nitrogens with one attached hydrogen (secondary N) is 1. The van der Waals surface area contributed by atoms with Gasteiger partial charge in [0.25, 0.3) is 5.56 Å². The number of aromatic amines is 1. The van der Waals surface area contributed by atoms with E-state index in [0.29, 0.717) is 5.69 Å². The van der Waals surface area contributed by atoms with Crippen LogP contribution in [-0.4, -0.2) is 9.55 Å². The topological polar surface area (TPSA) is 54.9 Å². The molecular formula is C15H11FN2O2. The van der Waals surface area contributed by atoms with E-state index in [1.54, 1.807) is 18.2 Å². The molecule has 0 bridgehead atoms. The SMILES string of the molecule is Cc1cccc(-n2c(=O)[nH]c3c(F)cccc3c2=O)c1. The largest absolute Gasteiger partial charge is 0.333 e. The molecule has 0 saturated carbocycles. The van der Waals surface area contributed by atoms with Gasteiger partial charge in [-0.2, -0.15) is 0 Å². The van der Waals surface area contributed by atoms with Crippen molar-refractivity contribution in [2.24, 2.45) is 0 Å². The molecule has 0 unspecified atom stereocenters. The van der Waals surface area contributed by atoms with E-state index in [-0.39, 0.29) is 10.9 Å². The Balaban J connectivity index is 2.44. The predicted octanol–water partition coefficient (Wildman–Crippen LogP) is 2.13. The lowest BCUT2D eigenvalue weighted by Gasteiger charge is -2.07. The number of fused-ring (bicyclic) bond motifs is 1. The van der Waals surface area contributed by atoms with Crippen molar-refractivity contribution >= 4 is 10.9 Å². The molecular weight excluding hydrogens is 259 g/mol. The molecule has 0 fully saturated rings. The number of benzene rings is 2. The van der Waals surface area contributed by atoms with Crippen LogP contribution in [0.5, 0.6) is 0 Å². The second-order valence-electron chi connectivity index (χ2n) is 4.57. The maximum absolute atomic E-state index is 13.6. The molecule has 4 nitrogen and oxygen atoms in total. The summed E-state index contributed by atoms with van der Waals surface area (Å²) in [7, 11) is 0. The van der Waals surface area contributed by atoms with Gasteiger partial charge in [0.15, 0.2) is 0 Å². The number of hydrogen-bond acceptors (Lipinski definition) is 2. The number of halogens is 1. The predicted molar refractivity (Wildman–Crippen MR) is 74.9 cm³/mol. The number of rotatable bonds is 1. The first-order chi connectivity index (χ1) is 9.58. The van der Waals surface area contributed by atoms with E-state index >= 15 is 0 Å². The lowest BCUT2D eigenvalue weighted by molar-refractivity contribution is 0.635. The van der Waals surface area contributed by atoms with Crippen LogP contribution in [0.3, 0.4) is 0 Å². The van der Waals surface area contributed by atoms with Crippen LogP contribution in [0.2, 0.25) is 0 Å². The van der Waals surface area contributed by atoms with E-state index in [1.165, 1.54) is 18.2 Å². The Morgan fingerprint density at radius 2 is 1.85 bits per heavy atom. The Morgan fingerprint density at radius 3 is 2.60 bits per heavy atom. The number of para-hydroxylation sites is 1. The summed E-state index contributed by atoms with van der Waals surface area (Å²) < 4.78 is 14.6. The fraction of sp³-hybridized carbons (Fsp3) is 0.0667.